The Balaban J connectivity index is 0.00000274. The highest BCUT2D eigenvalue weighted by Gasteiger charge is 2.21. The normalized spacial score (nSPS) is 18.3. The zero-order valence-corrected chi connectivity index (χ0v) is 22.1. The maximum absolute atomic E-state index is 6.08. The number of thiophene rings is 1. The third-order valence-corrected chi connectivity index (χ3v) is 8.22. The Morgan fingerprint density at radius 3 is 2.65 bits per heavy atom. The zero-order chi connectivity index (χ0) is 22.9. The summed E-state index contributed by atoms with van der Waals surface area (Å²) in [6.45, 7) is 6.98. The second-order valence-electron chi connectivity index (χ2n) is 8.98. The number of imidazole rings is 1. The minimum absolute atomic E-state index is 0. The van der Waals surface area contributed by atoms with E-state index in [1.807, 2.05) is 13.3 Å². The molecule has 0 saturated heterocycles. The number of anilines is 2. The van der Waals surface area contributed by atoms with Crippen LogP contribution in [0.4, 0.5) is 11.8 Å². The van der Waals surface area contributed by atoms with Crippen LogP contribution < -0.4 is 16.4 Å². The smallest absolute Gasteiger partial charge is 0.227 e. The Labute approximate surface area is 213 Å². The molecule has 0 radical (unpaired) electrons. The van der Waals surface area contributed by atoms with Gasteiger partial charge < -0.3 is 20.9 Å². The van der Waals surface area contributed by atoms with Crippen molar-refractivity contribution < 1.29 is 0 Å². The van der Waals surface area contributed by atoms with Crippen molar-refractivity contribution in [1.29, 1.82) is 0 Å². The molecule has 1 aliphatic carbocycles. The maximum Gasteiger partial charge on any atom is 0.227 e. The van der Waals surface area contributed by atoms with Gasteiger partial charge in [0.15, 0.2) is 17.0 Å². The average molecular weight is 519 g/mol. The largest absolute Gasteiger partial charge is 0.363 e. The standard InChI is InChI=1S/C23H30N8S2.ClH/c1-13(2)31-12-26-19-20(25-10-17-8-9-18(33-17)22-27-14(3)11-32-22)29-23(30-21(19)31)28-16-6-4-15(24)5-7-16;/h8-9,11-13,15-16H,4-7,10,24H2,1-3H3,(H2,25,28,29,30);1H. The number of fused-ring (bicyclic) bond motifs is 1. The molecule has 1 aliphatic rings. The molecule has 182 valence electrons. The lowest BCUT2D eigenvalue weighted by Crippen LogP contribution is -2.33. The third-order valence-electron chi connectivity index (χ3n) is 6.00. The van der Waals surface area contributed by atoms with E-state index in [-0.39, 0.29) is 18.4 Å². The van der Waals surface area contributed by atoms with Crippen molar-refractivity contribution in [2.45, 2.75) is 71.1 Å². The van der Waals surface area contributed by atoms with Crippen molar-refractivity contribution >= 4 is 58.0 Å². The molecule has 4 aromatic heterocycles. The average Bonchev–Trinajstić information content (AvgIpc) is 3.53. The molecule has 34 heavy (non-hydrogen) atoms. The Hall–Kier alpha value is -2.27. The third kappa shape index (κ3) is 5.35. The van der Waals surface area contributed by atoms with E-state index in [4.69, 9.17) is 15.7 Å². The van der Waals surface area contributed by atoms with E-state index in [0.29, 0.717) is 24.6 Å². The fourth-order valence-corrected chi connectivity index (χ4v) is 5.97. The van der Waals surface area contributed by atoms with Crippen molar-refractivity contribution in [2.24, 2.45) is 5.73 Å². The second kappa shape index (κ2) is 10.6. The fraction of sp³-hybridized carbons (Fsp3) is 0.478. The number of nitrogens with zero attached hydrogens (tertiary/aromatic N) is 5. The molecule has 8 nitrogen and oxygen atoms in total. The fourth-order valence-electron chi connectivity index (χ4n) is 4.15. The van der Waals surface area contributed by atoms with E-state index in [2.05, 4.69) is 56.5 Å². The minimum Gasteiger partial charge on any atom is -0.363 e. The Morgan fingerprint density at radius 1 is 1.15 bits per heavy atom. The number of halogens is 1. The van der Waals surface area contributed by atoms with Gasteiger partial charge in [-0.2, -0.15) is 9.97 Å². The van der Waals surface area contributed by atoms with Crippen molar-refractivity contribution in [3.8, 4) is 9.88 Å². The Bertz CT molecular complexity index is 1240. The second-order valence-corrected chi connectivity index (χ2v) is 11.0. The lowest BCUT2D eigenvalue weighted by Gasteiger charge is -2.27. The van der Waals surface area contributed by atoms with E-state index in [0.717, 1.165) is 53.4 Å². The van der Waals surface area contributed by atoms with E-state index >= 15 is 0 Å². The molecule has 0 aromatic carbocycles. The van der Waals surface area contributed by atoms with Gasteiger partial charge in [-0.25, -0.2) is 9.97 Å². The highest BCUT2D eigenvalue weighted by molar-refractivity contribution is 7.21. The summed E-state index contributed by atoms with van der Waals surface area (Å²) < 4.78 is 2.10. The van der Waals surface area contributed by atoms with Gasteiger partial charge in [0.2, 0.25) is 5.95 Å². The van der Waals surface area contributed by atoms with Crippen LogP contribution in [0.1, 0.15) is 56.1 Å². The number of hydrogen-bond acceptors (Lipinski definition) is 9. The number of hydrogen-bond donors (Lipinski definition) is 3. The summed E-state index contributed by atoms with van der Waals surface area (Å²) >= 11 is 3.44. The van der Waals surface area contributed by atoms with Gasteiger partial charge >= 0.3 is 0 Å². The summed E-state index contributed by atoms with van der Waals surface area (Å²) in [5, 5.41) is 10.2. The molecule has 0 bridgehead atoms. The van der Waals surface area contributed by atoms with Gasteiger partial charge in [-0.3, -0.25) is 0 Å². The van der Waals surface area contributed by atoms with Crippen LogP contribution in [-0.2, 0) is 6.54 Å². The van der Waals surface area contributed by atoms with Crippen LogP contribution in [0.3, 0.4) is 0 Å². The first-order chi connectivity index (χ1) is 16.0. The van der Waals surface area contributed by atoms with Crippen molar-refractivity contribution in [3.05, 3.63) is 34.4 Å². The summed E-state index contributed by atoms with van der Waals surface area (Å²) in [5.41, 5.74) is 8.79. The molecule has 0 spiro atoms. The van der Waals surface area contributed by atoms with Crippen molar-refractivity contribution in [1.82, 2.24) is 24.5 Å². The molecular formula is C23H31ClN8S2. The van der Waals surface area contributed by atoms with Crippen LogP contribution in [0.5, 0.6) is 0 Å². The monoisotopic (exact) mass is 518 g/mol. The van der Waals surface area contributed by atoms with Crippen molar-refractivity contribution in [3.63, 3.8) is 0 Å². The van der Waals surface area contributed by atoms with E-state index in [9.17, 15) is 0 Å². The number of nitrogens with one attached hydrogen (secondary N) is 2. The Morgan fingerprint density at radius 2 is 1.94 bits per heavy atom. The highest BCUT2D eigenvalue weighted by Crippen LogP contribution is 2.32. The molecule has 0 amide bonds. The molecule has 5 rings (SSSR count). The van der Waals surface area contributed by atoms with Gasteiger partial charge in [0.1, 0.15) is 5.01 Å². The van der Waals surface area contributed by atoms with E-state index in [1.165, 1.54) is 9.75 Å². The molecule has 4 heterocycles. The van der Waals surface area contributed by atoms with Gasteiger partial charge in [-0.15, -0.1) is 35.1 Å². The van der Waals surface area contributed by atoms with Gasteiger partial charge in [-0.1, -0.05) is 0 Å². The van der Waals surface area contributed by atoms with Crippen molar-refractivity contribution in [2.75, 3.05) is 10.6 Å². The summed E-state index contributed by atoms with van der Waals surface area (Å²) in [6, 6.07) is 5.23. The minimum atomic E-state index is 0. The molecule has 0 atom stereocenters. The molecule has 0 aliphatic heterocycles. The van der Waals surface area contributed by atoms with E-state index < -0.39 is 0 Å². The molecule has 4 aromatic rings. The summed E-state index contributed by atoms with van der Waals surface area (Å²) in [5.74, 6) is 1.41. The van der Waals surface area contributed by atoms with Crippen LogP contribution in [0.15, 0.2) is 23.8 Å². The number of thiazole rings is 1. The predicted molar refractivity (Wildman–Crippen MR) is 144 cm³/mol. The number of aryl methyl sites for hydroxylation is 1. The summed E-state index contributed by atoms with van der Waals surface area (Å²) in [7, 11) is 0. The molecule has 1 saturated carbocycles. The zero-order valence-electron chi connectivity index (χ0n) is 19.6. The van der Waals surface area contributed by atoms with Gasteiger partial charge in [0, 0.05) is 34.1 Å². The predicted octanol–water partition coefficient (Wildman–Crippen LogP) is 5.62. The van der Waals surface area contributed by atoms with E-state index in [1.54, 1.807) is 22.7 Å². The molecular weight excluding hydrogens is 488 g/mol. The van der Waals surface area contributed by atoms with Crippen LogP contribution in [0.25, 0.3) is 21.0 Å². The number of aromatic nitrogens is 5. The molecule has 0 unspecified atom stereocenters. The van der Waals surface area contributed by atoms with Gasteiger partial charge in [-0.05, 0) is 58.6 Å². The molecule has 1 fully saturated rings. The lowest BCUT2D eigenvalue weighted by molar-refractivity contribution is 0.410. The summed E-state index contributed by atoms with van der Waals surface area (Å²) in [4.78, 5) is 21.3. The van der Waals surface area contributed by atoms with Gasteiger partial charge in [0.05, 0.1) is 17.7 Å². The van der Waals surface area contributed by atoms with Gasteiger partial charge in [0.25, 0.3) is 0 Å². The highest BCUT2D eigenvalue weighted by atomic mass is 35.5. The van der Waals surface area contributed by atoms with Crippen LogP contribution in [-0.4, -0.2) is 36.6 Å². The quantitative estimate of drug-likeness (QED) is 0.291. The number of rotatable bonds is 7. The SMILES string of the molecule is Cc1csc(-c2ccc(CNc3nc(NC4CCC(N)CC4)nc4c3ncn4C(C)C)s2)n1.Cl. The number of nitrogens with two attached hydrogens (primary N) is 1. The molecule has 11 heteroatoms. The van der Waals surface area contributed by atoms with Crippen LogP contribution in [0, 0.1) is 6.92 Å². The first-order valence-electron chi connectivity index (χ1n) is 11.5. The summed E-state index contributed by atoms with van der Waals surface area (Å²) in [6.07, 6.45) is 6.02. The topological polar surface area (TPSA) is 107 Å². The van der Waals surface area contributed by atoms with Crippen LogP contribution >= 0.6 is 35.1 Å². The first kappa shape index (κ1) is 24.8. The van der Waals surface area contributed by atoms with Crippen LogP contribution in [0.2, 0.25) is 0 Å². The first-order valence-corrected chi connectivity index (χ1v) is 13.2. The Kier molecular flexibility index (Phi) is 7.71. The lowest BCUT2D eigenvalue weighted by atomic mass is 9.92. The molecule has 4 N–H and O–H groups in total. The maximum atomic E-state index is 6.08.